The van der Waals surface area contributed by atoms with Crippen LogP contribution in [0, 0.1) is 17.2 Å². The van der Waals surface area contributed by atoms with Crippen LogP contribution in [0.2, 0.25) is 0 Å². The Kier molecular flexibility index (Phi) is 7.06. The van der Waals surface area contributed by atoms with Crippen molar-refractivity contribution in [3.05, 3.63) is 41.7 Å². The van der Waals surface area contributed by atoms with E-state index < -0.39 is 0 Å². The monoisotopic (exact) mass is 511 g/mol. The Bertz CT molecular complexity index is 1340. The van der Waals surface area contributed by atoms with Crippen LogP contribution in [0.15, 0.2) is 30.3 Å². The maximum atomic E-state index is 12.9. The number of anilines is 1. The number of fused-ring (bicyclic) bond motifs is 1. The quantitative estimate of drug-likeness (QED) is 0.339. The van der Waals surface area contributed by atoms with E-state index in [2.05, 4.69) is 39.9 Å². The highest BCUT2D eigenvalue weighted by atomic mass is 16.5. The predicted octanol–water partition coefficient (Wildman–Crippen LogP) is 6.79. The number of carbonyl (C=O) groups excluding carboxylic acids is 1. The van der Waals surface area contributed by atoms with Gasteiger partial charge in [-0.1, -0.05) is 37.8 Å². The van der Waals surface area contributed by atoms with Crippen LogP contribution in [0.25, 0.3) is 22.2 Å². The summed E-state index contributed by atoms with van der Waals surface area (Å²) in [4.78, 5) is 20.2. The molecule has 0 amide bonds. The molecule has 0 atom stereocenters. The molecular weight excluding hydrogens is 474 g/mol. The third-order valence-corrected chi connectivity index (χ3v) is 8.81. The van der Waals surface area contributed by atoms with Gasteiger partial charge in [0, 0.05) is 30.6 Å². The fourth-order valence-corrected chi connectivity index (χ4v) is 6.37. The van der Waals surface area contributed by atoms with Crippen molar-refractivity contribution in [2.45, 2.75) is 83.1 Å². The fourth-order valence-electron chi connectivity index (χ4n) is 6.37. The molecule has 1 aliphatic heterocycles. The second-order valence-corrected chi connectivity index (χ2v) is 11.2. The Hall–Kier alpha value is -3.40. The third kappa shape index (κ3) is 4.66. The lowest BCUT2D eigenvalue weighted by Crippen LogP contribution is -2.33. The molecule has 3 heterocycles. The second-order valence-electron chi connectivity index (χ2n) is 11.2. The average molecular weight is 512 g/mol. The number of nitriles is 1. The van der Waals surface area contributed by atoms with Gasteiger partial charge in [0.25, 0.3) is 0 Å². The summed E-state index contributed by atoms with van der Waals surface area (Å²) in [5.41, 5.74) is 5.62. The lowest BCUT2D eigenvalue weighted by Gasteiger charge is -2.31. The van der Waals surface area contributed by atoms with Gasteiger partial charge in [-0.05, 0) is 74.8 Å². The van der Waals surface area contributed by atoms with Crippen molar-refractivity contribution in [2.75, 3.05) is 24.6 Å². The molecule has 7 nitrogen and oxygen atoms in total. The molecule has 1 saturated heterocycles. The molecule has 3 fully saturated rings. The summed E-state index contributed by atoms with van der Waals surface area (Å²) in [6.45, 7) is 3.96. The molecule has 2 saturated carbocycles. The molecule has 38 heavy (non-hydrogen) atoms. The van der Waals surface area contributed by atoms with Crippen molar-refractivity contribution in [1.29, 1.82) is 5.26 Å². The first kappa shape index (κ1) is 24.9. The zero-order chi connectivity index (χ0) is 26.1. The molecule has 198 valence electrons. The molecule has 2 aromatic heterocycles. The van der Waals surface area contributed by atoms with Crippen molar-refractivity contribution in [3.8, 4) is 17.2 Å². The average Bonchev–Trinajstić information content (AvgIpc) is 3.31. The zero-order valence-electron chi connectivity index (χ0n) is 22.4. The zero-order valence-corrected chi connectivity index (χ0v) is 22.4. The topological polar surface area (TPSA) is 84.0 Å². The van der Waals surface area contributed by atoms with Gasteiger partial charge in [-0.25, -0.2) is 14.5 Å². The highest BCUT2D eigenvalue weighted by molar-refractivity contribution is 6.00. The Morgan fingerprint density at radius 2 is 1.76 bits per heavy atom. The standard InChI is InChI=1S/C31H37N5O2/c1-2-38-31(37)27-19-26(22-11-13-24(14-12-22)35-17-15-21(20-32)16-18-35)28-29(23-7-6-8-23)34-36(30(28)33-27)25-9-4-3-5-10-25/h11-14,19,21,23,25H,2-10,15-18H2,1H3. The molecule has 0 radical (unpaired) electrons. The van der Waals surface area contributed by atoms with E-state index in [1.807, 2.05) is 13.0 Å². The van der Waals surface area contributed by atoms with E-state index in [0.717, 1.165) is 79.5 Å². The van der Waals surface area contributed by atoms with E-state index in [1.165, 1.54) is 31.4 Å². The van der Waals surface area contributed by atoms with Crippen molar-refractivity contribution in [2.24, 2.45) is 5.92 Å². The van der Waals surface area contributed by atoms with E-state index in [9.17, 15) is 10.1 Å². The van der Waals surface area contributed by atoms with Crippen molar-refractivity contribution < 1.29 is 9.53 Å². The van der Waals surface area contributed by atoms with Crippen LogP contribution in [0.1, 0.15) is 99.3 Å². The first-order valence-corrected chi connectivity index (χ1v) is 14.5. The van der Waals surface area contributed by atoms with Gasteiger partial charge in [0.1, 0.15) is 0 Å². The minimum absolute atomic E-state index is 0.169. The van der Waals surface area contributed by atoms with E-state index in [4.69, 9.17) is 14.8 Å². The van der Waals surface area contributed by atoms with Gasteiger partial charge in [0.05, 0.1) is 29.8 Å². The molecule has 0 unspecified atom stereocenters. The molecule has 6 rings (SSSR count). The van der Waals surface area contributed by atoms with Crippen LogP contribution < -0.4 is 4.90 Å². The number of ether oxygens (including phenoxy) is 1. The van der Waals surface area contributed by atoms with Gasteiger partial charge < -0.3 is 9.64 Å². The van der Waals surface area contributed by atoms with Gasteiger partial charge in [0.15, 0.2) is 11.3 Å². The number of benzene rings is 1. The van der Waals surface area contributed by atoms with Gasteiger partial charge >= 0.3 is 5.97 Å². The minimum atomic E-state index is -0.380. The number of rotatable bonds is 6. The minimum Gasteiger partial charge on any atom is -0.461 e. The number of pyridine rings is 1. The largest absolute Gasteiger partial charge is 0.461 e. The SMILES string of the molecule is CCOC(=O)c1cc(-c2ccc(N3CCC(C#N)CC3)cc2)c2c(C3CCC3)nn(C3CCCCC3)c2n1. The van der Waals surface area contributed by atoms with Crippen molar-refractivity contribution >= 4 is 22.7 Å². The number of aromatic nitrogens is 3. The molecule has 2 aliphatic carbocycles. The van der Waals surface area contributed by atoms with Crippen LogP contribution >= 0.6 is 0 Å². The summed E-state index contributed by atoms with van der Waals surface area (Å²) in [6.07, 6.45) is 11.3. The van der Waals surface area contributed by atoms with Gasteiger partial charge in [-0.15, -0.1) is 0 Å². The van der Waals surface area contributed by atoms with Gasteiger partial charge in [0.2, 0.25) is 0 Å². The summed E-state index contributed by atoms with van der Waals surface area (Å²) in [6, 6.07) is 13.3. The van der Waals surface area contributed by atoms with Crippen LogP contribution in [0.5, 0.6) is 0 Å². The number of carbonyl (C=O) groups is 1. The summed E-state index contributed by atoms with van der Waals surface area (Å²) < 4.78 is 7.55. The lowest BCUT2D eigenvalue weighted by atomic mass is 9.81. The maximum absolute atomic E-state index is 12.9. The van der Waals surface area contributed by atoms with E-state index in [1.54, 1.807) is 0 Å². The molecule has 0 bridgehead atoms. The van der Waals surface area contributed by atoms with E-state index in [-0.39, 0.29) is 11.9 Å². The van der Waals surface area contributed by atoms with Crippen molar-refractivity contribution in [3.63, 3.8) is 0 Å². The van der Waals surface area contributed by atoms with Gasteiger partial charge in [-0.2, -0.15) is 10.4 Å². The molecule has 3 aromatic rings. The number of piperidine rings is 1. The second kappa shape index (κ2) is 10.8. The predicted molar refractivity (Wildman–Crippen MR) is 148 cm³/mol. The normalized spacial score (nSPS) is 19.3. The lowest BCUT2D eigenvalue weighted by molar-refractivity contribution is 0.0520. The van der Waals surface area contributed by atoms with E-state index in [0.29, 0.717) is 24.3 Å². The number of esters is 1. The first-order chi connectivity index (χ1) is 18.7. The van der Waals surface area contributed by atoms with Crippen LogP contribution in [0.3, 0.4) is 0 Å². The number of hydrogen-bond donors (Lipinski definition) is 0. The van der Waals surface area contributed by atoms with Crippen LogP contribution in [0.4, 0.5) is 5.69 Å². The highest BCUT2D eigenvalue weighted by Crippen LogP contribution is 2.44. The Morgan fingerprint density at radius 3 is 2.39 bits per heavy atom. The third-order valence-electron chi connectivity index (χ3n) is 8.81. The van der Waals surface area contributed by atoms with Crippen molar-refractivity contribution in [1.82, 2.24) is 14.8 Å². The number of hydrogen-bond acceptors (Lipinski definition) is 6. The molecule has 0 spiro atoms. The summed E-state index contributed by atoms with van der Waals surface area (Å²) >= 11 is 0. The maximum Gasteiger partial charge on any atom is 0.357 e. The Labute approximate surface area is 224 Å². The molecular formula is C31H37N5O2. The highest BCUT2D eigenvalue weighted by Gasteiger charge is 2.31. The Morgan fingerprint density at radius 1 is 1.03 bits per heavy atom. The molecule has 3 aliphatic rings. The molecule has 7 heteroatoms. The smallest absolute Gasteiger partial charge is 0.357 e. The summed E-state index contributed by atoms with van der Waals surface area (Å²) in [5, 5.41) is 15.6. The Balaban J connectivity index is 1.45. The molecule has 1 aromatic carbocycles. The first-order valence-electron chi connectivity index (χ1n) is 14.5. The summed E-state index contributed by atoms with van der Waals surface area (Å²) in [5.74, 6) is 0.244. The van der Waals surface area contributed by atoms with Crippen LogP contribution in [-0.4, -0.2) is 40.4 Å². The van der Waals surface area contributed by atoms with Gasteiger partial charge in [-0.3, -0.25) is 0 Å². The molecule has 0 N–H and O–H groups in total. The number of nitrogens with zero attached hydrogens (tertiary/aromatic N) is 5. The summed E-state index contributed by atoms with van der Waals surface area (Å²) in [7, 11) is 0. The van der Waals surface area contributed by atoms with Crippen LogP contribution in [-0.2, 0) is 4.74 Å². The fraction of sp³-hybridized carbons (Fsp3) is 0.548. The van der Waals surface area contributed by atoms with E-state index >= 15 is 0 Å².